The second-order valence-electron chi connectivity index (χ2n) is 7.36. The molecule has 0 aromatic carbocycles. The van der Waals surface area contributed by atoms with Crippen molar-refractivity contribution in [1.82, 2.24) is 9.88 Å². The van der Waals surface area contributed by atoms with Crippen LogP contribution >= 0.6 is 0 Å². The lowest BCUT2D eigenvalue weighted by molar-refractivity contribution is -0.384. The summed E-state index contributed by atoms with van der Waals surface area (Å²) in [5.74, 6) is 0.700. The van der Waals surface area contributed by atoms with Crippen molar-refractivity contribution >= 4 is 11.4 Å². The lowest BCUT2D eigenvalue weighted by Gasteiger charge is -2.37. The Morgan fingerprint density at radius 2 is 1.96 bits per heavy atom. The van der Waals surface area contributed by atoms with E-state index in [9.17, 15) is 10.1 Å². The van der Waals surface area contributed by atoms with Gasteiger partial charge in [-0.15, -0.1) is 0 Å². The predicted octanol–water partition coefficient (Wildman–Crippen LogP) is 2.71. The van der Waals surface area contributed by atoms with Gasteiger partial charge in [-0.1, -0.05) is 0 Å². The quantitative estimate of drug-likeness (QED) is 0.602. The van der Waals surface area contributed by atoms with Gasteiger partial charge in [0.1, 0.15) is 11.9 Å². The highest BCUT2D eigenvalue weighted by Gasteiger charge is 2.26. The van der Waals surface area contributed by atoms with Gasteiger partial charge in [0.15, 0.2) is 0 Å². The van der Waals surface area contributed by atoms with Crippen LogP contribution in [0.25, 0.3) is 0 Å². The molecular weight excluding hydrogens is 320 g/mol. The molecule has 0 unspecified atom stereocenters. The van der Waals surface area contributed by atoms with Crippen molar-refractivity contribution in [3.05, 3.63) is 28.6 Å². The molecule has 2 aliphatic heterocycles. The number of nitrogens with zero attached hydrogens (tertiary/aromatic N) is 4. The Morgan fingerprint density at radius 1 is 1.28 bits per heavy atom. The minimum absolute atomic E-state index is 0.109. The standard InChI is InChI=1S/C18H28N4O3/c1-14-12-20(13-15(2)25-14)8-4-16-5-9-21(10-6-16)17-3-7-19-11-18(17)22(23)24/h3,7,11,14-16H,4-6,8-10,12-13H2,1-2H3/t14-,15-/m1/s1. The van der Waals surface area contributed by atoms with E-state index in [1.54, 1.807) is 12.3 Å². The number of rotatable bonds is 5. The fourth-order valence-corrected chi connectivity index (χ4v) is 4.08. The fraction of sp³-hybridized carbons (Fsp3) is 0.722. The van der Waals surface area contributed by atoms with E-state index in [-0.39, 0.29) is 10.6 Å². The van der Waals surface area contributed by atoms with Gasteiger partial charge in [0.05, 0.1) is 17.1 Å². The Morgan fingerprint density at radius 3 is 2.60 bits per heavy atom. The van der Waals surface area contributed by atoms with E-state index in [1.807, 2.05) is 0 Å². The highest BCUT2D eigenvalue weighted by atomic mass is 16.6. The van der Waals surface area contributed by atoms with E-state index in [1.165, 1.54) is 12.6 Å². The minimum Gasteiger partial charge on any atom is -0.373 e. The van der Waals surface area contributed by atoms with Gasteiger partial charge in [0, 0.05) is 32.4 Å². The van der Waals surface area contributed by atoms with E-state index in [2.05, 4.69) is 28.6 Å². The number of piperidine rings is 1. The molecule has 138 valence electrons. The van der Waals surface area contributed by atoms with Crippen molar-refractivity contribution in [2.45, 2.75) is 45.3 Å². The van der Waals surface area contributed by atoms with Crippen LogP contribution in [0.4, 0.5) is 11.4 Å². The Kier molecular flexibility index (Phi) is 5.86. The molecule has 0 N–H and O–H groups in total. The molecule has 7 nitrogen and oxygen atoms in total. The summed E-state index contributed by atoms with van der Waals surface area (Å²) in [5.41, 5.74) is 0.812. The van der Waals surface area contributed by atoms with Crippen LogP contribution in [0.15, 0.2) is 18.5 Å². The van der Waals surface area contributed by atoms with Crippen LogP contribution in [0.3, 0.4) is 0 Å². The number of hydrogen-bond acceptors (Lipinski definition) is 6. The third kappa shape index (κ3) is 4.67. The summed E-state index contributed by atoms with van der Waals surface area (Å²) in [4.78, 5) is 19.4. The van der Waals surface area contributed by atoms with Crippen molar-refractivity contribution in [2.24, 2.45) is 5.92 Å². The van der Waals surface area contributed by atoms with Gasteiger partial charge >= 0.3 is 5.69 Å². The van der Waals surface area contributed by atoms with Crippen molar-refractivity contribution in [3.63, 3.8) is 0 Å². The van der Waals surface area contributed by atoms with E-state index in [0.717, 1.165) is 45.6 Å². The first kappa shape index (κ1) is 18.1. The molecule has 2 aliphatic rings. The molecule has 2 saturated heterocycles. The molecule has 2 fully saturated rings. The molecule has 0 bridgehead atoms. The minimum atomic E-state index is -0.338. The molecular formula is C18H28N4O3. The summed E-state index contributed by atoms with van der Waals surface area (Å²) in [6, 6.07) is 1.76. The summed E-state index contributed by atoms with van der Waals surface area (Å²) in [6.45, 7) is 9.21. The molecule has 0 amide bonds. The number of hydrogen-bond donors (Lipinski definition) is 0. The highest BCUT2D eigenvalue weighted by Crippen LogP contribution is 2.31. The maximum Gasteiger partial charge on any atom is 0.310 e. The molecule has 0 saturated carbocycles. The zero-order chi connectivity index (χ0) is 17.8. The van der Waals surface area contributed by atoms with Crippen LogP contribution in [0.5, 0.6) is 0 Å². The maximum atomic E-state index is 11.2. The average Bonchev–Trinajstić information content (AvgIpc) is 2.59. The first-order valence-corrected chi connectivity index (χ1v) is 9.24. The summed E-state index contributed by atoms with van der Waals surface area (Å²) in [5, 5.41) is 11.2. The largest absolute Gasteiger partial charge is 0.373 e. The van der Waals surface area contributed by atoms with Crippen LogP contribution in [-0.4, -0.2) is 59.7 Å². The molecule has 0 spiro atoms. The number of anilines is 1. The van der Waals surface area contributed by atoms with Gasteiger partial charge in [-0.2, -0.15) is 0 Å². The maximum absolute atomic E-state index is 11.2. The first-order valence-electron chi connectivity index (χ1n) is 9.24. The third-order valence-corrected chi connectivity index (χ3v) is 5.28. The van der Waals surface area contributed by atoms with Gasteiger partial charge in [-0.3, -0.25) is 20.0 Å². The van der Waals surface area contributed by atoms with Crippen LogP contribution in [-0.2, 0) is 4.74 Å². The SMILES string of the molecule is C[C@@H]1CN(CCC2CCN(c3ccncc3[N+](=O)[O-])CC2)C[C@@H](C)O1. The second kappa shape index (κ2) is 8.10. The summed E-state index contributed by atoms with van der Waals surface area (Å²) >= 11 is 0. The molecule has 2 atom stereocenters. The summed E-state index contributed by atoms with van der Waals surface area (Å²) in [6.07, 6.45) is 7.00. The Labute approximate surface area is 149 Å². The Balaban J connectivity index is 1.48. The summed E-state index contributed by atoms with van der Waals surface area (Å²) < 4.78 is 5.79. The van der Waals surface area contributed by atoms with Crippen LogP contribution < -0.4 is 4.90 Å². The van der Waals surface area contributed by atoms with Crippen LogP contribution in [0.1, 0.15) is 33.1 Å². The van der Waals surface area contributed by atoms with Crippen molar-refractivity contribution in [1.29, 1.82) is 0 Å². The van der Waals surface area contributed by atoms with E-state index >= 15 is 0 Å². The lowest BCUT2D eigenvalue weighted by atomic mass is 9.93. The molecule has 0 radical (unpaired) electrons. The third-order valence-electron chi connectivity index (χ3n) is 5.28. The van der Waals surface area contributed by atoms with Crippen molar-refractivity contribution < 1.29 is 9.66 Å². The first-order chi connectivity index (χ1) is 12.0. The number of aromatic nitrogens is 1. The van der Waals surface area contributed by atoms with Gasteiger partial charge in [0.2, 0.25) is 0 Å². The fourth-order valence-electron chi connectivity index (χ4n) is 4.08. The van der Waals surface area contributed by atoms with Gasteiger partial charge in [-0.05, 0) is 51.6 Å². The molecule has 25 heavy (non-hydrogen) atoms. The smallest absolute Gasteiger partial charge is 0.310 e. The molecule has 0 aliphatic carbocycles. The molecule has 7 heteroatoms. The van der Waals surface area contributed by atoms with Gasteiger partial charge in [0.25, 0.3) is 0 Å². The van der Waals surface area contributed by atoms with Crippen LogP contribution in [0.2, 0.25) is 0 Å². The monoisotopic (exact) mass is 348 g/mol. The number of ether oxygens (including phenoxy) is 1. The van der Waals surface area contributed by atoms with E-state index < -0.39 is 0 Å². The summed E-state index contributed by atoms with van der Waals surface area (Å²) in [7, 11) is 0. The second-order valence-corrected chi connectivity index (χ2v) is 7.36. The molecule has 1 aromatic rings. The van der Waals surface area contributed by atoms with Gasteiger partial charge in [-0.25, -0.2) is 0 Å². The Hall–Kier alpha value is -1.73. The number of morpholine rings is 1. The highest BCUT2D eigenvalue weighted by molar-refractivity contribution is 5.61. The average molecular weight is 348 g/mol. The molecule has 3 heterocycles. The molecule has 1 aromatic heterocycles. The topological polar surface area (TPSA) is 71.7 Å². The lowest BCUT2D eigenvalue weighted by Crippen LogP contribution is -2.46. The normalized spacial score (nSPS) is 25.9. The van der Waals surface area contributed by atoms with E-state index in [0.29, 0.717) is 23.8 Å². The van der Waals surface area contributed by atoms with Crippen LogP contribution in [0, 0.1) is 16.0 Å². The number of pyridine rings is 1. The number of nitro groups is 1. The van der Waals surface area contributed by atoms with E-state index in [4.69, 9.17) is 4.74 Å². The zero-order valence-electron chi connectivity index (χ0n) is 15.1. The zero-order valence-corrected chi connectivity index (χ0v) is 15.1. The van der Waals surface area contributed by atoms with Crippen molar-refractivity contribution in [2.75, 3.05) is 37.6 Å². The Bertz CT molecular complexity index is 579. The van der Waals surface area contributed by atoms with Crippen molar-refractivity contribution in [3.8, 4) is 0 Å². The predicted molar refractivity (Wildman–Crippen MR) is 96.9 cm³/mol. The molecule has 3 rings (SSSR count). The van der Waals surface area contributed by atoms with Gasteiger partial charge < -0.3 is 9.64 Å².